The zero-order valence-corrected chi connectivity index (χ0v) is 11.7. The number of carbonyl (C=O) groups is 1. The van der Waals surface area contributed by atoms with Crippen LogP contribution in [0.3, 0.4) is 0 Å². The molecule has 1 aliphatic rings. The van der Waals surface area contributed by atoms with Crippen LogP contribution in [0.15, 0.2) is 16.9 Å². The van der Waals surface area contributed by atoms with Crippen LogP contribution in [0.25, 0.3) is 0 Å². The van der Waals surface area contributed by atoms with Gasteiger partial charge in [-0.3, -0.25) is 9.59 Å². The van der Waals surface area contributed by atoms with Crippen molar-refractivity contribution < 1.29 is 9.53 Å². The molecule has 0 spiro atoms. The first-order chi connectivity index (χ1) is 9.01. The van der Waals surface area contributed by atoms with Crippen LogP contribution in [0.2, 0.25) is 0 Å². The van der Waals surface area contributed by atoms with E-state index in [0.717, 1.165) is 24.4 Å². The Balaban J connectivity index is 2.10. The highest BCUT2D eigenvalue weighted by molar-refractivity contribution is 5.76. The molecule has 0 bridgehead atoms. The molecule has 0 radical (unpaired) electrons. The largest absolute Gasteiger partial charge is 0.380 e. The van der Waals surface area contributed by atoms with Gasteiger partial charge < -0.3 is 14.2 Å². The highest BCUT2D eigenvalue weighted by Crippen LogP contribution is 2.13. The fourth-order valence-corrected chi connectivity index (χ4v) is 2.52. The minimum atomic E-state index is -0.0145. The van der Waals surface area contributed by atoms with Gasteiger partial charge in [-0.2, -0.15) is 0 Å². The summed E-state index contributed by atoms with van der Waals surface area (Å²) in [6, 6.07) is 3.12. The number of rotatable bonds is 3. The summed E-state index contributed by atoms with van der Waals surface area (Å²) >= 11 is 0. The Morgan fingerprint density at radius 1 is 1.37 bits per heavy atom. The molecule has 1 fully saturated rings. The minimum Gasteiger partial charge on any atom is -0.380 e. The van der Waals surface area contributed by atoms with Crippen LogP contribution in [-0.2, 0) is 16.1 Å². The van der Waals surface area contributed by atoms with Crippen LogP contribution in [-0.4, -0.2) is 41.7 Å². The monoisotopic (exact) mass is 264 g/mol. The maximum atomic E-state index is 12.2. The van der Waals surface area contributed by atoms with Gasteiger partial charge in [-0.25, -0.2) is 0 Å². The molecule has 0 aliphatic carbocycles. The van der Waals surface area contributed by atoms with Gasteiger partial charge in [0.2, 0.25) is 5.91 Å². The quantitative estimate of drug-likeness (QED) is 0.808. The number of pyridine rings is 1. The molecule has 1 aromatic heterocycles. The van der Waals surface area contributed by atoms with Crippen LogP contribution in [0.5, 0.6) is 0 Å². The van der Waals surface area contributed by atoms with Crippen molar-refractivity contribution in [3.05, 3.63) is 33.7 Å². The number of ether oxygens (including phenoxy) is 1. The molecule has 19 heavy (non-hydrogen) atoms. The van der Waals surface area contributed by atoms with E-state index < -0.39 is 0 Å². The second-order valence-corrected chi connectivity index (χ2v) is 5.05. The predicted octanol–water partition coefficient (Wildman–Crippen LogP) is 0.712. The molecular formula is C14H20N2O3. The standard InChI is InChI=1S/C14H20N2O3/c1-10-6-12(17)7-11(2)16(10)9-14(18)15-5-4-13(8-15)19-3/h6-7,13H,4-5,8-9H2,1-3H3. The smallest absolute Gasteiger partial charge is 0.242 e. The van der Waals surface area contributed by atoms with Crippen LogP contribution in [0, 0.1) is 13.8 Å². The molecule has 1 saturated heterocycles. The Morgan fingerprint density at radius 2 is 2.00 bits per heavy atom. The van der Waals surface area contributed by atoms with Gasteiger partial charge in [0.05, 0.1) is 6.10 Å². The van der Waals surface area contributed by atoms with Gasteiger partial charge in [0.1, 0.15) is 6.54 Å². The maximum Gasteiger partial charge on any atom is 0.242 e. The third kappa shape index (κ3) is 3.04. The summed E-state index contributed by atoms with van der Waals surface area (Å²) in [5.74, 6) is 0.0781. The third-order valence-electron chi connectivity index (χ3n) is 3.68. The highest BCUT2D eigenvalue weighted by Gasteiger charge is 2.26. The Bertz CT molecular complexity index is 510. The molecule has 1 atom stereocenters. The van der Waals surface area contributed by atoms with E-state index in [4.69, 9.17) is 4.74 Å². The molecule has 1 aromatic rings. The Labute approximate surface area is 112 Å². The van der Waals surface area contributed by atoms with Crippen molar-refractivity contribution in [3.8, 4) is 0 Å². The Morgan fingerprint density at radius 3 is 2.53 bits per heavy atom. The van der Waals surface area contributed by atoms with E-state index >= 15 is 0 Å². The molecule has 2 rings (SSSR count). The topological polar surface area (TPSA) is 51.5 Å². The summed E-state index contributed by atoms with van der Waals surface area (Å²) in [5, 5.41) is 0. The molecule has 5 heteroatoms. The fraction of sp³-hybridized carbons (Fsp3) is 0.571. The first-order valence-corrected chi connectivity index (χ1v) is 6.50. The number of hydrogen-bond acceptors (Lipinski definition) is 3. The van der Waals surface area contributed by atoms with E-state index in [9.17, 15) is 9.59 Å². The molecule has 104 valence electrons. The van der Waals surface area contributed by atoms with Crippen molar-refractivity contribution in [1.29, 1.82) is 0 Å². The Kier molecular flexibility index (Phi) is 4.04. The average molecular weight is 264 g/mol. The SMILES string of the molecule is COC1CCN(C(=O)Cn2c(C)cc(=O)cc2C)C1. The van der Waals surface area contributed by atoms with Gasteiger partial charge in [-0.05, 0) is 20.3 Å². The summed E-state index contributed by atoms with van der Waals surface area (Å²) in [6.45, 7) is 5.39. The third-order valence-corrected chi connectivity index (χ3v) is 3.68. The van der Waals surface area contributed by atoms with Gasteiger partial charge in [0, 0.05) is 43.7 Å². The van der Waals surface area contributed by atoms with Crippen LogP contribution in [0.1, 0.15) is 17.8 Å². The molecular weight excluding hydrogens is 244 g/mol. The van der Waals surface area contributed by atoms with E-state index in [-0.39, 0.29) is 24.0 Å². The van der Waals surface area contributed by atoms with E-state index in [1.807, 2.05) is 23.3 Å². The summed E-state index contributed by atoms with van der Waals surface area (Å²) in [5.41, 5.74) is 1.63. The number of aryl methyl sites for hydroxylation is 2. The number of carbonyl (C=O) groups excluding carboxylic acids is 1. The molecule has 1 amide bonds. The van der Waals surface area contributed by atoms with Gasteiger partial charge in [0.25, 0.3) is 0 Å². The summed E-state index contributed by atoms with van der Waals surface area (Å²) in [4.78, 5) is 25.4. The predicted molar refractivity (Wildman–Crippen MR) is 72.2 cm³/mol. The van der Waals surface area contributed by atoms with Crippen LogP contribution in [0.4, 0.5) is 0 Å². The lowest BCUT2D eigenvalue weighted by atomic mass is 10.3. The zero-order valence-electron chi connectivity index (χ0n) is 11.7. The van der Waals surface area contributed by atoms with Crippen molar-refractivity contribution in [3.63, 3.8) is 0 Å². The molecule has 5 nitrogen and oxygen atoms in total. The molecule has 0 saturated carbocycles. The van der Waals surface area contributed by atoms with Crippen LogP contribution >= 0.6 is 0 Å². The average Bonchev–Trinajstić information content (AvgIpc) is 2.82. The Hall–Kier alpha value is -1.62. The van der Waals surface area contributed by atoms with E-state index in [2.05, 4.69) is 0 Å². The number of nitrogens with zero attached hydrogens (tertiary/aromatic N) is 2. The summed E-state index contributed by atoms with van der Waals surface area (Å²) in [7, 11) is 1.68. The van der Waals surface area contributed by atoms with Gasteiger partial charge in [-0.15, -0.1) is 0 Å². The number of aromatic nitrogens is 1. The maximum absolute atomic E-state index is 12.2. The lowest BCUT2D eigenvalue weighted by molar-refractivity contribution is -0.131. The second-order valence-electron chi connectivity index (χ2n) is 5.05. The second kappa shape index (κ2) is 5.57. The summed E-state index contributed by atoms with van der Waals surface area (Å²) < 4.78 is 7.14. The van der Waals surface area contributed by atoms with Crippen molar-refractivity contribution in [1.82, 2.24) is 9.47 Å². The van der Waals surface area contributed by atoms with E-state index in [1.54, 1.807) is 19.2 Å². The van der Waals surface area contributed by atoms with Crippen molar-refractivity contribution in [2.45, 2.75) is 32.9 Å². The van der Waals surface area contributed by atoms with Crippen molar-refractivity contribution >= 4 is 5.91 Å². The molecule has 0 aromatic carbocycles. The zero-order chi connectivity index (χ0) is 14.0. The highest BCUT2D eigenvalue weighted by atomic mass is 16.5. The lowest BCUT2D eigenvalue weighted by Crippen LogP contribution is -2.34. The number of hydrogen-bond donors (Lipinski definition) is 0. The van der Waals surface area contributed by atoms with E-state index in [0.29, 0.717) is 6.54 Å². The fourth-order valence-electron chi connectivity index (χ4n) is 2.52. The number of likely N-dealkylation sites (tertiary alicyclic amines) is 1. The lowest BCUT2D eigenvalue weighted by Gasteiger charge is -2.19. The molecule has 0 N–H and O–H groups in total. The van der Waals surface area contributed by atoms with Gasteiger partial charge >= 0.3 is 0 Å². The molecule has 1 unspecified atom stereocenters. The first-order valence-electron chi connectivity index (χ1n) is 6.50. The van der Waals surface area contributed by atoms with Gasteiger partial charge in [-0.1, -0.05) is 0 Å². The normalized spacial score (nSPS) is 18.9. The van der Waals surface area contributed by atoms with Crippen LogP contribution < -0.4 is 5.43 Å². The number of amides is 1. The first kappa shape index (κ1) is 13.8. The molecule has 1 aliphatic heterocycles. The van der Waals surface area contributed by atoms with Crippen molar-refractivity contribution in [2.24, 2.45) is 0 Å². The van der Waals surface area contributed by atoms with Crippen molar-refractivity contribution in [2.75, 3.05) is 20.2 Å². The molecule has 2 heterocycles. The minimum absolute atomic E-state index is 0.0145. The summed E-state index contributed by atoms with van der Waals surface area (Å²) in [6.07, 6.45) is 1.05. The van der Waals surface area contributed by atoms with E-state index in [1.165, 1.54) is 0 Å². The number of methoxy groups -OCH3 is 1. The van der Waals surface area contributed by atoms with Gasteiger partial charge in [0.15, 0.2) is 5.43 Å².